The standard InChI is InChI=1S/C32H40ClN3O7S/c1-7-22(3)34-32(38)23(4)35(20-24-11-9-10-12-28(24)33)31(37)21-36(25-13-15-26(16-14-25)43-8-2)44(39,40)27-17-18-29(41-5)30(19-27)42-6/h9-19,22-23H,7-8,20-21H2,1-6H3,(H,34,38)/t22-,23-/m0/s1. The first-order valence-corrected chi connectivity index (χ1v) is 16.1. The molecular formula is C32H40ClN3O7S. The number of nitrogens with one attached hydrogen (secondary N) is 1. The van der Waals surface area contributed by atoms with Crippen molar-refractivity contribution in [2.24, 2.45) is 0 Å². The minimum Gasteiger partial charge on any atom is -0.494 e. The van der Waals surface area contributed by atoms with Gasteiger partial charge in [-0.15, -0.1) is 0 Å². The Hall–Kier alpha value is -3.96. The van der Waals surface area contributed by atoms with E-state index in [9.17, 15) is 18.0 Å². The molecule has 3 aromatic carbocycles. The number of sulfonamides is 1. The highest BCUT2D eigenvalue weighted by molar-refractivity contribution is 7.92. The van der Waals surface area contributed by atoms with Crippen LogP contribution in [0.25, 0.3) is 0 Å². The van der Waals surface area contributed by atoms with Gasteiger partial charge in [0, 0.05) is 23.7 Å². The van der Waals surface area contributed by atoms with E-state index in [0.717, 1.165) is 4.31 Å². The molecule has 0 aliphatic rings. The number of carbonyl (C=O) groups is 2. The molecule has 2 amide bonds. The molecule has 0 aromatic heterocycles. The number of ether oxygens (including phenoxy) is 3. The molecule has 0 saturated carbocycles. The van der Waals surface area contributed by atoms with Crippen molar-refractivity contribution in [1.82, 2.24) is 10.2 Å². The zero-order chi connectivity index (χ0) is 32.4. The Kier molecular flexibility index (Phi) is 12.3. The average Bonchev–Trinajstić information content (AvgIpc) is 3.02. The minimum absolute atomic E-state index is 0.0128. The third-order valence-corrected chi connectivity index (χ3v) is 9.26. The fourth-order valence-corrected chi connectivity index (χ4v) is 5.99. The van der Waals surface area contributed by atoms with Crippen LogP contribution in [0.5, 0.6) is 17.2 Å². The molecule has 0 spiro atoms. The predicted molar refractivity (Wildman–Crippen MR) is 171 cm³/mol. The van der Waals surface area contributed by atoms with Crippen LogP contribution in [0.1, 0.15) is 39.7 Å². The van der Waals surface area contributed by atoms with Gasteiger partial charge in [0.2, 0.25) is 11.8 Å². The van der Waals surface area contributed by atoms with E-state index in [1.165, 1.54) is 37.3 Å². The molecule has 0 aliphatic heterocycles. The highest BCUT2D eigenvalue weighted by atomic mass is 35.5. The number of amides is 2. The smallest absolute Gasteiger partial charge is 0.264 e. The Morgan fingerprint density at radius 3 is 2.18 bits per heavy atom. The lowest BCUT2D eigenvalue weighted by molar-refractivity contribution is -0.139. The van der Waals surface area contributed by atoms with Crippen LogP contribution in [0, 0.1) is 0 Å². The maximum absolute atomic E-state index is 14.2. The molecule has 0 saturated heterocycles. The Labute approximate surface area is 264 Å². The van der Waals surface area contributed by atoms with Crippen LogP contribution in [0.4, 0.5) is 5.69 Å². The summed E-state index contributed by atoms with van der Waals surface area (Å²) in [6.45, 7) is 7.07. The van der Waals surface area contributed by atoms with Gasteiger partial charge in [0.1, 0.15) is 18.3 Å². The molecule has 1 N–H and O–H groups in total. The van der Waals surface area contributed by atoms with Crippen LogP contribution in [-0.4, -0.2) is 64.6 Å². The molecule has 10 nitrogen and oxygen atoms in total. The molecule has 12 heteroatoms. The molecular weight excluding hydrogens is 606 g/mol. The first kappa shape index (κ1) is 34.5. The highest BCUT2D eigenvalue weighted by Gasteiger charge is 2.33. The molecule has 3 aromatic rings. The van der Waals surface area contributed by atoms with Crippen LogP contribution in [0.15, 0.2) is 71.6 Å². The summed E-state index contributed by atoms with van der Waals surface area (Å²) >= 11 is 6.43. The summed E-state index contributed by atoms with van der Waals surface area (Å²) in [5.41, 5.74) is 0.840. The zero-order valence-corrected chi connectivity index (χ0v) is 27.4. The Bertz CT molecular complexity index is 1530. The topological polar surface area (TPSA) is 114 Å². The predicted octanol–water partition coefficient (Wildman–Crippen LogP) is 5.28. The summed E-state index contributed by atoms with van der Waals surface area (Å²) in [4.78, 5) is 28.6. The lowest BCUT2D eigenvalue weighted by atomic mass is 10.1. The molecule has 0 heterocycles. The highest BCUT2D eigenvalue weighted by Crippen LogP contribution is 2.33. The molecule has 0 bridgehead atoms. The van der Waals surface area contributed by atoms with Crippen LogP contribution < -0.4 is 23.8 Å². The molecule has 0 aliphatic carbocycles. The van der Waals surface area contributed by atoms with Gasteiger partial charge in [-0.2, -0.15) is 0 Å². The number of rotatable bonds is 15. The van der Waals surface area contributed by atoms with Gasteiger partial charge in [0.05, 0.1) is 31.4 Å². The number of benzene rings is 3. The maximum atomic E-state index is 14.2. The number of methoxy groups -OCH3 is 2. The van der Waals surface area contributed by atoms with E-state index in [4.69, 9.17) is 25.8 Å². The summed E-state index contributed by atoms with van der Waals surface area (Å²) in [5, 5.41) is 3.33. The van der Waals surface area contributed by atoms with Crippen molar-refractivity contribution in [3.8, 4) is 17.2 Å². The van der Waals surface area contributed by atoms with Crippen LogP contribution in [-0.2, 0) is 26.2 Å². The van der Waals surface area contributed by atoms with Crippen molar-refractivity contribution < 1.29 is 32.2 Å². The number of hydrogen-bond acceptors (Lipinski definition) is 7. The number of halogens is 1. The number of carbonyl (C=O) groups excluding carboxylic acids is 2. The van der Waals surface area contributed by atoms with Gasteiger partial charge in [-0.1, -0.05) is 36.7 Å². The molecule has 0 radical (unpaired) electrons. The monoisotopic (exact) mass is 645 g/mol. The Balaban J connectivity index is 2.09. The second kappa shape index (κ2) is 15.7. The van der Waals surface area contributed by atoms with Crippen LogP contribution in [0.3, 0.4) is 0 Å². The van der Waals surface area contributed by atoms with Crippen molar-refractivity contribution >= 4 is 39.1 Å². The molecule has 3 rings (SSSR count). The average molecular weight is 646 g/mol. The largest absolute Gasteiger partial charge is 0.494 e. The first-order valence-electron chi connectivity index (χ1n) is 14.3. The Morgan fingerprint density at radius 2 is 1.59 bits per heavy atom. The van der Waals surface area contributed by atoms with E-state index in [1.54, 1.807) is 55.5 Å². The summed E-state index contributed by atoms with van der Waals surface area (Å²) in [5.74, 6) is 0.135. The molecule has 238 valence electrons. The maximum Gasteiger partial charge on any atom is 0.264 e. The van der Waals surface area contributed by atoms with Gasteiger partial charge in [0.25, 0.3) is 10.0 Å². The third-order valence-electron chi connectivity index (χ3n) is 7.12. The second-order valence-electron chi connectivity index (χ2n) is 10.1. The lowest BCUT2D eigenvalue weighted by Crippen LogP contribution is -2.52. The second-order valence-corrected chi connectivity index (χ2v) is 12.3. The van der Waals surface area contributed by atoms with Crippen molar-refractivity contribution in [2.45, 2.75) is 57.6 Å². The fraction of sp³-hybridized carbons (Fsp3) is 0.375. The van der Waals surface area contributed by atoms with E-state index in [2.05, 4.69) is 5.32 Å². The van der Waals surface area contributed by atoms with Gasteiger partial charge in [0.15, 0.2) is 11.5 Å². The van der Waals surface area contributed by atoms with Gasteiger partial charge >= 0.3 is 0 Å². The van der Waals surface area contributed by atoms with Gasteiger partial charge < -0.3 is 24.4 Å². The lowest BCUT2D eigenvalue weighted by Gasteiger charge is -2.32. The van der Waals surface area contributed by atoms with Crippen molar-refractivity contribution in [2.75, 3.05) is 31.7 Å². The normalized spacial score (nSPS) is 12.5. The van der Waals surface area contributed by atoms with E-state index >= 15 is 0 Å². The van der Waals surface area contributed by atoms with Gasteiger partial charge in [-0.3, -0.25) is 13.9 Å². The van der Waals surface area contributed by atoms with Crippen molar-refractivity contribution in [3.05, 3.63) is 77.3 Å². The SMILES string of the molecule is CCOc1ccc(N(CC(=O)N(Cc2ccccc2Cl)[C@@H](C)C(=O)N[C@@H](C)CC)S(=O)(=O)c2ccc(OC)c(OC)c2)cc1. The fourth-order valence-electron chi connectivity index (χ4n) is 4.37. The van der Waals surface area contributed by atoms with Gasteiger partial charge in [-0.25, -0.2) is 8.42 Å². The van der Waals surface area contributed by atoms with E-state index in [1.807, 2.05) is 20.8 Å². The first-order chi connectivity index (χ1) is 21.0. The van der Waals surface area contributed by atoms with Gasteiger partial charge in [-0.05, 0) is 75.2 Å². The van der Waals surface area contributed by atoms with E-state index < -0.39 is 28.5 Å². The Morgan fingerprint density at radius 1 is 0.932 bits per heavy atom. The molecule has 0 unspecified atom stereocenters. The summed E-state index contributed by atoms with van der Waals surface area (Å²) < 4.78 is 45.5. The number of anilines is 1. The molecule has 0 fully saturated rings. The van der Waals surface area contributed by atoms with E-state index in [0.29, 0.717) is 35.1 Å². The third kappa shape index (κ3) is 8.35. The number of nitrogens with zero attached hydrogens (tertiary/aromatic N) is 2. The van der Waals surface area contributed by atoms with Crippen molar-refractivity contribution in [1.29, 1.82) is 0 Å². The summed E-state index contributed by atoms with van der Waals surface area (Å²) in [7, 11) is -1.48. The number of hydrogen-bond donors (Lipinski definition) is 1. The van der Waals surface area contributed by atoms with Crippen LogP contribution >= 0.6 is 11.6 Å². The van der Waals surface area contributed by atoms with Crippen molar-refractivity contribution in [3.63, 3.8) is 0 Å². The zero-order valence-electron chi connectivity index (χ0n) is 25.9. The van der Waals surface area contributed by atoms with Crippen LogP contribution in [0.2, 0.25) is 5.02 Å². The minimum atomic E-state index is -4.33. The molecule has 44 heavy (non-hydrogen) atoms. The quantitative estimate of drug-likeness (QED) is 0.239. The summed E-state index contributed by atoms with van der Waals surface area (Å²) in [6, 6.07) is 16.5. The molecule has 2 atom stereocenters. The summed E-state index contributed by atoms with van der Waals surface area (Å²) in [6.07, 6.45) is 0.700. The van der Waals surface area contributed by atoms with E-state index in [-0.39, 0.29) is 34.8 Å².